The van der Waals surface area contributed by atoms with E-state index in [4.69, 9.17) is 5.73 Å². The molecular weight excluding hydrogens is 512 g/mol. The lowest BCUT2D eigenvalue weighted by atomic mass is 9.71. The lowest BCUT2D eigenvalue weighted by Crippen LogP contribution is -2.52. The molecule has 3 amide bonds. The van der Waals surface area contributed by atoms with Crippen LogP contribution in [0.4, 0.5) is 5.82 Å². The number of rotatable bonds is 5. The molecule has 0 bridgehead atoms. The van der Waals surface area contributed by atoms with Crippen LogP contribution in [0.2, 0.25) is 0 Å². The van der Waals surface area contributed by atoms with Crippen LogP contribution in [0, 0.1) is 5.41 Å². The van der Waals surface area contributed by atoms with Crippen molar-refractivity contribution in [3.05, 3.63) is 57.7 Å². The predicted octanol–water partition coefficient (Wildman–Crippen LogP) is 2.44. The number of halogens is 1. The molecule has 0 atom stereocenters. The molecule has 1 fully saturated rings. The summed E-state index contributed by atoms with van der Waals surface area (Å²) in [6, 6.07) is 1.99. The van der Waals surface area contributed by atoms with Gasteiger partial charge in [-0.05, 0) is 49.0 Å². The minimum atomic E-state index is -0.547. The summed E-state index contributed by atoms with van der Waals surface area (Å²) in [6.45, 7) is 2.33. The molecule has 0 aliphatic carbocycles. The van der Waals surface area contributed by atoms with Gasteiger partial charge in [-0.25, -0.2) is 9.97 Å². The van der Waals surface area contributed by atoms with Crippen molar-refractivity contribution < 1.29 is 14.4 Å². The third-order valence-electron chi connectivity index (χ3n) is 7.37. The Hall–Kier alpha value is -3.08. The summed E-state index contributed by atoms with van der Waals surface area (Å²) in [7, 11) is 0. The first-order valence-corrected chi connectivity index (χ1v) is 13.2. The van der Waals surface area contributed by atoms with Crippen LogP contribution in [-0.2, 0) is 27.2 Å². The van der Waals surface area contributed by atoms with Crippen LogP contribution in [0.15, 0.2) is 41.6 Å². The van der Waals surface area contributed by atoms with Gasteiger partial charge in [0.25, 0.3) is 0 Å². The van der Waals surface area contributed by atoms with Crippen molar-refractivity contribution in [2.45, 2.75) is 32.1 Å². The SMILES string of the molecule is Cl.NCC(=O)N1CCC2(CC1)Cc1cc(C=CC(=O)N3CC=C(Cc4nccs4)CC3)cnc1NC2=O. The normalized spacial score (nSPS) is 18.7. The molecule has 9 nitrogen and oxygen atoms in total. The Bertz CT molecular complexity index is 1220. The van der Waals surface area contributed by atoms with Crippen LogP contribution in [-0.4, -0.2) is 70.2 Å². The average molecular weight is 543 g/mol. The number of nitrogens with one attached hydrogen (secondary N) is 1. The van der Waals surface area contributed by atoms with Crippen molar-refractivity contribution in [2.75, 3.05) is 38.0 Å². The van der Waals surface area contributed by atoms with Crippen molar-refractivity contribution in [2.24, 2.45) is 11.1 Å². The van der Waals surface area contributed by atoms with Gasteiger partial charge >= 0.3 is 0 Å². The fraction of sp³-hybridized carbons (Fsp3) is 0.423. The summed E-state index contributed by atoms with van der Waals surface area (Å²) in [5.74, 6) is 0.427. The maximum Gasteiger partial charge on any atom is 0.246 e. The molecule has 2 aromatic heterocycles. The average Bonchev–Trinajstić information content (AvgIpc) is 3.41. The Morgan fingerprint density at radius 1 is 1.19 bits per heavy atom. The van der Waals surface area contributed by atoms with Gasteiger partial charge in [0.05, 0.1) is 17.0 Å². The lowest BCUT2D eigenvalue weighted by Gasteiger charge is -2.43. The number of carbonyl (C=O) groups excluding carboxylic acids is 3. The maximum atomic E-state index is 12.9. The minimum Gasteiger partial charge on any atom is -0.342 e. The Morgan fingerprint density at radius 2 is 2.00 bits per heavy atom. The van der Waals surface area contributed by atoms with E-state index in [1.165, 1.54) is 5.57 Å². The molecule has 0 radical (unpaired) electrons. The first kappa shape index (κ1) is 27.0. The van der Waals surface area contributed by atoms with Crippen LogP contribution in [0.25, 0.3) is 6.08 Å². The van der Waals surface area contributed by atoms with Crippen molar-refractivity contribution in [1.82, 2.24) is 19.8 Å². The molecule has 0 unspecified atom stereocenters. The van der Waals surface area contributed by atoms with Crippen molar-refractivity contribution in [1.29, 1.82) is 0 Å². The Kier molecular flexibility index (Phi) is 8.41. The molecule has 3 aliphatic heterocycles. The highest BCUT2D eigenvalue weighted by molar-refractivity contribution is 7.09. The molecular formula is C26H31ClN6O3S. The number of hydrogen-bond acceptors (Lipinski definition) is 7. The second kappa shape index (κ2) is 11.5. The molecule has 5 heterocycles. The van der Waals surface area contributed by atoms with E-state index in [9.17, 15) is 14.4 Å². The third-order valence-corrected chi connectivity index (χ3v) is 8.15. The Labute approximate surface area is 226 Å². The summed E-state index contributed by atoms with van der Waals surface area (Å²) in [5.41, 5.74) is 8.04. The number of thiazole rings is 1. The zero-order valence-corrected chi connectivity index (χ0v) is 22.2. The van der Waals surface area contributed by atoms with Gasteiger partial charge in [0.2, 0.25) is 17.7 Å². The molecule has 11 heteroatoms. The number of piperidine rings is 1. The molecule has 0 aromatic carbocycles. The molecule has 3 aliphatic rings. The lowest BCUT2D eigenvalue weighted by molar-refractivity contribution is -0.137. The zero-order valence-electron chi connectivity index (χ0n) is 20.5. The molecule has 196 valence electrons. The van der Waals surface area contributed by atoms with E-state index in [0.717, 1.165) is 29.0 Å². The fourth-order valence-electron chi connectivity index (χ4n) is 5.15. The van der Waals surface area contributed by atoms with Gasteiger partial charge in [0.1, 0.15) is 5.82 Å². The second-order valence-electron chi connectivity index (χ2n) is 9.61. The summed E-state index contributed by atoms with van der Waals surface area (Å²) < 4.78 is 0. The van der Waals surface area contributed by atoms with Crippen LogP contribution < -0.4 is 11.1 Å². The minimum absolute atomic E-state index is 0. The topological polar surface area (TPSA) is 122 Å². The van der Waals surface area contributed by atoms with Crippen molar-refractivity contribution in [3.63, 3.8) is 0 Å². The number of hydrogen-bond donors (Lipinski definition) is 2. The smallest absolute Gasteiger partial charge is 0.246 e. The van der Waals surface area contributed by atoms with E-state index < -0.39 is 5.41 Å². The van der Waals surface area contributed by atoms with Gasteiger partial charge in [0.15, 0.2) is 0 Å². The quantitative estimate of drug-likeness (QED) is 0.442. The molecule has 3 N–H and O–H groups in total. The van der Waals surface area contributed by atoms with Crippen LogP contribution in [0.3, 0.4) is 0 Å². The largest absolute Gasteiger partial charge is 0.342 e. The van der Waals surface area contributed by atoms with E-state index in [1.807, 2.05) is 22.5 Å². The third kappa shape index (κ3) is 5.92. The number of pyridine rings is 1. The highest BCUT2D eigenvalue weighted by atomic mass is 35.5. The standard InChI is InChI=1S/C26H30N6O3S.ClH/c27-16-23(34)32-10-5-26(6-11-32)15-20-13-19(17-29-24(20)30-25(26)35)1-2-22(33)31-8-3-18(4-9-31)14-21-28-7-12-36-21;/h1-3,7,12-13,17H,4-6,8-11,14-16,27H2,(H,29,30,35);1H. The zero-order chi connectivity index (χ0) is 25.1. The van der Waals surface area contributed by atoms with Gasteiger partial charge in [-0.2, -0.15) is 0 Å². The molecule has 1 spiro atoms. The molecule has 37 heavy (non-hydrogen) atoms. The van der Waals surface area contributed by atoms with Crippen LogP contribution in [0.1, 0.15) is 35.4 Å². The summed E-state index contributed by atoms with van der Waals surface area (Å²) in [5, 5.41) is 6.04. The number of amides is 3. The number of carbonyl (C=O) groups is 3. The second-order valence-corrected chi connectivity index (χ2v) is 10.6. The number of nitrogens with zero attached hydrogens (tertiary/aromatic N) is 4. The monoisotopic (exact) mass is 542 g/mol. The van der Waals surface area contributed by atoms with E-state index in [-0.39, 0.29) is 36.7 Å². The molecule has 5 rings (SSSR count). The number of anilines is 1. The number of likely N-dealkylation sites (tertiary alicyclic amines) is 1. The summed E-state index contributed by atoms with van der Waals surface area (Å²) >= 11 is 1.66. The van der Waals surface area contributed by atoms with Gasteiger partial charge < -0.3 is 20.9 Å². The Morgan fingerprint density at radius 3 is 2.68 bits per heavy atom. The van der Waals surface area contributed by atoms with E-state index in [2.05, 4.69) is 21.4 Å². The van der Waals surface area contributed by atoms with Crippen LogP contribution >= 0.6 is 23.7 Å². The maximum absolute atomic E-state index is 12.9. The fourth-order valence-corrected chi connectivity index (χ4v) is 5.82. The van der Waals surface area contributed by atoms with Gasteiger partial charge in [-0.1, -0.05) is 11.6 Å². The first-order valence-electron chi connectivity index (χ1n) is 12.3. The van der Waals surface area contributed by atoms with E-state index in [1.54, 1.807) is 34.6 Å². The molecule has 2 aromatic rings. The summed E-state index contributed by atoms with van der Waals surface area (Å²) in [4.78, 5) is 49.9. The van der Waals surface area contributed by atoms with Gasteiger partial charge in [-0.15, -0.1) is 23.7 Å². The molecule has 0 saturated carbocycles. The van der Waals surface area contributed by atoms with Gasteiger partial charge in [0, 0.05) is 56.4 Å². The predicted molar refractivity (Wildman–Crippen MR) is 145 cm³/mol. The highest BCUT2D eigenvalue weighted by Gasteiger charge is 2.45. The van der Waals surface area contributed by atoms with Crippen LogP contribution in [0.5, 0.6) is 0 Å². The molecule has 1 saturated heterocycles. The summed E-state index contributed by atoms with van der Waals surface area (Å²) in [6.07, 6.45) is 12.5. The number of nitrogens with two attached hydrogens (primary N) is 1. The van der Waals surface area contributed by atoms with Crippen molar-refractivity contribution in [3.8, 4) is 0 Å². The van der Waals surface area contributed by atoms with E-state index >= 15 is 0 Å². The van der Waals surface area contributed by atoms with Gasteiger partial charge in [-0.3, -0.25) is 14.4 Å². The Balaban J connectivity index is 0.00000320. The number of fused-ring (bicyclic) bond motifs is 1. The van der Waals surface area contributed by atoms with Crippen molar-refractivity contribution >= 4 is 53.4 Å². The number of aromatic nitrogens is 2. The highest BCUT2D eigenvalue weighted by Crippen LogP contribution is 2.41. The first-order chi connectivity index (χ1) is 17.5. The van der Waals surface area contributed by atoms with E-state index in [0.29, 0.717) is 51.3 Å².